The molecule has 0 aliphatic carbocycles. The predicted molar refractivity (Wildman–Crippen MR) is 61.7 cm³/mol. The van der Waals surface area contributed by atoms with Crippen molar-refractivity contribution >= 4 is 5.97 Å². The minimum absolute atomic E-state index is 0.0627. The van der Waals surface area contributed by atoms with Gasteiger partial charge in [-0.05, 0) is 19.3 Å². The maximum absolute atomic E-state index is 11.8. The Balaban J connectivity index is 1.55. The van der Waals surface area contributed by atoms with Crippen LogP contribution in [0.5, 0.6) is 0 Å². The summed E-state index contributed by atoms with van der Waals surface area (Å²) in [7, 11) is 1.63. The van der Waals surface area contributed by atoms with Crippen LogP contribution < -0.4 is 5.32 Å². The van der Waals surface area contributed by atoms with Gasteiger partial charge in [0.15, 0.2) is 0 Å². The van der Waals surface area contributed by atoms with E-state index in [9.17, 15) is 4.79 Å². The van der Waals surface area contributed by atoms with E-state index in [1.165, 1.54) is 6.42 Å². The van der Waals surface area contributed by atoms with E-state index in [1.54, 1.807) is 7.11 Å². The fourth-order valence-corrected chi connectivity index (χ4v) is 2.64. The highest BCUT2D eigenvalue weighted by Gasteiger charge is 2.43. The molecule has 2 bridgehead atoms. The molecule has 0 spiro atoms. The maximum Gasteiger partial charge on any atom is 0.310 e. The first kappa shape index (κ1) is 12.8. The van der Waals surface area contributed by atoms with Crippen LogP contribution in [0.4, 0.5) is 0 Å². The molecule has 1 N–H and O–H groups in total. The Kier molecular flexibility index (Phi) is 4.76. The first-order valence-corrected chi connectivity index (χ1v) is 6.30. The second kappa shape index (κ2) is 6.33. The topological polar surface area (TPSA) is 56.8 Å². The summed E-state index contributed by atoms with van der Waals surface area (Å²) in [4.78, 5) is 11.8. The Morgan fingerprint density at radius 3 is 2.71 bits per heavy atom. The highest BCUT2D eigenvalue weighted by molar-refractivity contribution is 5.74. The first-order chi connectivity index (χ1) is 8.31. The van der Waals surface area contributed by atoms with Crippen molar-refractivity contribution in [2.24, 2.45) is 5.92 Å². The van der Waals surface area contributed by atoms with Gasteiger partial charge < -0.3 is 19.5 Å². The molecule has 2 fully saturated rings. The molecule has 3 atom stereocenters. The fourth-order valence-electron chi connectivity index (χ4n) is 2.64. The molecule has 17 heavy (non-hydrogen) atoms. The fraction of sp³-hybridized carbons (Fsp3) is 0.917. The smallest absolute Gasteiger partial charge is 0.310 e. The number of esters is 1. The zero-order chi connectivity index (χ0) is 12.1. The molecule has 2 saturated heterocycles. The van der Waals surface area contributed by atoms with Crippen LogP contribution in [0.1, 0.15) is 19.3 Å². The molecule has 0 aromatic heterocycles. The standard InChI is InChI=1S/C12H21NO4/c1-15-4-5-16-6-7-17-12(14)10-8-9-2-3-11(10)13-9/h9-11,13H,2-8H2,1H3. The monoisotopic (exact) mass is 243 g/mol. The van der Waals surface area contributed by atoms with Crippen molar-refractivity contribution in [2.75, 3.05) is 33.5 Å². The van der Waals surface area contributed by atoms with E-state index in [2.05, 4.69) is 5.32 Å². The van der Waals surface area contributed by atoms with Crippen molar-refractivity contribution in [1.29, 1.82) is 0 Å². The van der Waals surface area contributed by atoms with E-state index >= 15 is 0 Å². The summed E-state index contributed by atoms with van der Waals surface area (Å²) in [5, 5.41) is 3.43. The summed E-state index contributed by atoms with van der Waals surface area (Å²) in [5.41, 5.74) is 0. The Labute approximate surface area is 102 Å². The number of ether oxygens (including phenoxy) is 3. The molecule has 2 aliphatic rings. The maximum atomic E-state index is 11.8. The molecule has 0 saturated carbocycles. The van der Waals surface area contributed by atoms with Gasteiger partial charge in [-0.1, -0.05) is 0 Å². The molecule has 2 rings (SSSR count). The van der Waals surface area contributed by atoms with Crippen molar-refractivity contribution in [1.82, 2.24) is 5.32 Å². The molecule has 5 nitrogen and oxygen atoms in total. The molecule has 3 unspecified atom stereocenters. The number of nitrogens with one attached hydrogen (secondary N) is 1. The van der Waals surface area contributed by atoms with Gasteiger partial charge in [0.2, 0.25) is 0 Å². The summed E-state index contributed by atoms with van der Waals surface area (Å²) >= 11 is 0. The van der Waals surface area contributed by atoms with Gasteiger partial charge in [0.25, 0.3) is 0 Å². The zero-order valence-corrected chi connectivity index (χ0v) is 10.3. The zero-order valence-electron chi connectivity index (χ0n) is 10.3. The largest absolute Gasteiger partial charge is 0.463 e. The van der Waals surface area contributed by atoms with Gasteiger partial charge in [0.1, 0.15) is 6.61 Å². The van der Waals surface area contributed by atoms with Gasteiger partial charge in [0, 0.05) is 19.2 Å². The Bertz CT molecular complexity index is 259. The summed E-state index contributed by atoms with van der Waals surface area (Å²) in [5.74, 6) is -0.00670. The SMILES string of the molecule is COCCOCCOC(=O)C1CC2CCC1N2. The van der Waals surface area contributed by atoms with Gasteiger partial charge in [0.05, 0.1) is 25.7 Å². The molecule has 2 aliphatic heterocycles. The third-order valence-corrected chi connectivity index (χ3v) is 3.51. The van der Waals surface area contributed by atoms with Crippen molar-refractivity contribution in [3.63, 3.8) is 0 Å². The van der Waals surface area contributed by atoms with Crippen LogP contribution in [0.3, 0.4) is 0 Å². The summed E-state index contributed by atoms with van der Waals surface area (Å²) in [6.45, 7) is 1.91. The van der Waals surface area contributed by atoms with E-state index < -0.39 is 0 Å². The van der Waals surface area contributed by atoms with E-state index in [0.29, 0.717) is 38.5 Å². The van der Waals surface area contributed by atoms with E-state index in [1.807, 2.05) is 0 Å². The van der Waals surface area contributed by atoms with Gasteiger partial charge >= 0.3 is 5.97 Å². The van der Waals surface area contributed by atoms with Crippen LogP contribution in [0.25, 0.3) is 0 Å². The molecule has 5 heteroatoms. The Morgan fingerprint density at radius 2 is 2.06 bits per heavy atom. The van der Waals surface area contributed by atoms with Crippen molar-refractivity contribution in [3.05, 3.63) is 0 Å². The van der Waals surface area contributed by atoms with Gasteiger partial charge in [-0.25, -0.2) is 0 Å². The molecule has 98 valence electrons. The lowest BCUT2D eigenvalue weighted by molar-refractivity contribution is -0.150. The average Bonchev–Trinajstić information content (AvgIpc) is 2.95. The number of hydrogen-bond acceptors (Lipinski definition) is 5. The third-order valence-electron chi connectivity index (χ3n) is 3.51. The van der Waals surface area contributed by atoms with Gasteiger partial charge in [-0.2, -0.15) is 0 Å². The van der Waals surface area contributed by atoms with Crippen molar-refractivity contribution in [3.8, 4) is 0 Å². The Hall–Kier alpha value is -0.650. The lowest BCUT2D eigenvalue weighted by Crippen LogP contribution is -2.30. The number of carbonyl (C=O) groups is 1. The van der Waals surface area contributed by atoms with E-state index in [0.717, 1.165) is 12.8 Å². The van der Waals surface area contributed by atoms with Crippen LogP contribution in [0, 0.1) is 5.92 Å². The molecular formula is C12H21NO4. The molecule has 0 aromatic rings. The molecule has 0 amide bonds. The molecular weight excluding hydrogens is 222 g/mol. The van der Waals surface area contributed by atoms with Crippen LogP contribution in [-0.4, -0.2) is 51.6 Å². The molecule has 0 aromatic carbocycles. The number of rotatable bonds is 7. The highest BCUT2D eigenvalue weighted by atomic mass is 16.6. The van der Waals surface area contributed by atoms with E-state index in [4.69, 9.17) is 14.2 Å². The second-order valence-corrected chi connectivity index (χ2v) is 4.66. The highest BCUT2D eigenvalue weighted by Crippen LogP contribution is 2.33. The summed E-state index contributed by atoms with van der Waals surface area (Å²) in [6.07, 6.45) is 3.25. The summed E-state index contributed by atoms with van der Waals surface area (Å²) in [6, 6.07) is 0.886. The number of carbonyl (C=O) groups excluding carboxylic acids is 1. The lowest BCUT2D eigenvalue weighted by atomic mass is 9.89. The average molecular weight is 243 g/mol. The number of hydrogen-bond donors (Lipinski definition) is 1. The molecule has 0 radical (unpaired) electrons. The van der Waals surface area contributed by atoms with Crippen LogP contribution in [0.2, 0.25) is 0 Å². The normalized spacial score (nSPS) is 30.8. The third kappa shape index (κ3) is 3.40. The van der Waals surface area contributed by atoms with Crippen molar-refractivity contribution < 1.29 is 19.0 Å². The second-order valence-electron chi connectivity index (χ2n) is 4.66. The van der Waals surface area contributed by atoms with Gasteiger partial charge in [-0.3, -0.25) is 4.79 Å². The predicted octanol–water partition coefficient (Wildman–Crippen LogP) is 0.333. The number of methoxy groups -OCH3 is 1. The van der Waals surface area contributed by atoms with Crippen LogP contribution >= 0.6 is 0 Å². The van der Waals surface area contributed by atoms with Crippen molar-refractivity contribution in [2.45, 2.75) is 31.3 Å². The summed E-state index contributed by atoms with van der Waals surface area (Å²) < 4.78 is 15.3. The minimum Gasteiger partial charge on any atom is -0.463 e. The quantitative estimate of drug-likeness (QED) is 0.516. The first-order valence-electron chi connectivity index (χ1n) is 6.30. The number of fused-ring (bicyclic) bond motifs is 2. The Morgan fingerprint density at radius 1 is 1.24 bits per heavy atom. The lowest BCUT2D eigenvalue weighted by Gasteiger charge is -2.18. The van der Waals surface area contributed by atoms with E-state index in [-0.39, 0.29) is 11.9 Å². The van der Waals surface area contributed by atoms with Crippen LogP contribution in [0.15, 0.2) is 0 Å². The van der Waals surface area contributed by atoms with Gasteiger partial charge in [-0.15, -0.1) is 0 Å². The van der Waals surface area contributed by atoms with Crippen LogP contribution in [-0.2, 0) is 19.0 Å². The molecule has 2 heterocycles. The minimum atomic E-state index is -0.0694.